The van der Waals surface area contributed by atoms with Gasteiger partial charge in [0.15, 0.2) is 5.82 Å². The minimum absolute atomic E-state index is 0.0162. The Morgan fingerprint density at radius 2 is 1.75 bits per heavy atom. The Hall–Kier alpha value is -2.18. The molecule has 0 amide bonds. The molecule has 7 heteroatoms. The molecule has 0 fully saturated rings. The molecule has 1 aromatic heterocycles. The Morgan fingerprint density at radius 1 is 1.05 bits per heavy atom. The van der Waals surface area contributed by atoms with Crippen molar-refractivity contribution in [3.63, 3.8) is 0 Å². The average molecular weight is 285 g/mol. The van der Waals surface area contributed by atoms with Gasteiger partial charge in [-0.15, -0.1) is 0 Å². The van der Waals surface area contributed by atoms with Crippen LogP contribution >= 0.6 is 0 Å². The number of aryl methyl sites for hydroxylation is 1. The van der Waals surface area contributed by atoms with Crippen molar-refractivity contribution in [2.75, 3.05) is 12.4 Å². The Morgan fingerprint density at radius 3 is 2.35 bits per heavy atom. The SMILES string of the molecule is CNc1cc(C)nc(-c2cc(F)cc(C(F)(F)F)c2)n1. The summed E-state index contributed by atoms with van der Waals surface area (Å²) in [5.74, 6) is -0.490. The summed E-state index contributed by atoms with van der Waals surface area (Å²) in [6.07, 6.45) is -4.62. The van der Waals surface area contributed by atoms with Gasteiger partial charge in [-0.3, -0.25) is 0 Å². The molecule has 2 rings (SSSR count). The maximum atomic E-state index is 13.4. The Labute approximate surface area is 112 Å². The summed E-state index contributed by atoms with van der Waals surface area (Å²) in [4.78, 5) is 8.06. The molecule has 0 spiro atoms. The van der Waals surface area contributed by atoms with Crippen molar-refractivity contribution in [2.45, 2.75) is 13.1 Å². The Bertz CT molecular complexity index is 638. The van der Waals surface area contributed by atoms with Crippen LogP contribution in [0.1, 0.15) is 11.3 Å². The molecule has 0 bridgehead atoms. The third-order valence-electron chi connectivity index (χ3n) is 2.59. The van der Waals surface area contributed by atoms with E-state index in [0.29, 0.717) is 17.6 Å². The van der Waals surface area contributed by atoms with Crippen molar-refractivity contribution in [1.82, 2.24) is 9.97 Å². The van der Waals surface area contributed by atoms with Crippen molar-refractivity contribution < 1.29 is 17.6 Å². The van der Waals surface area contributed by atoms with E-state index in [0.717, 1.165) is 12.1 Å². The quantitative estimate of drug-likeness (QED) is 0.856. The van der Waals surface area contributed by atoms with Gasteiger partial charge in [-0.2, -0.15) is 13.2 Å². The van der Waals surface area contributed by atoms with Crippen LogP contribution in [0.4, 0.5) is 23.4 Å². The predicted octanol–water partition coefficient (Wildman–Crippen LogP) is 3.65. The molecule has 0 aliphatic carbocycles. The third-order valence-corrected chi connectivity index (χ3v) is 2.59. The highest BCUT2D eigenvalue weighted by Gasteiger charge is 2.31. The molecule has 0 unspecified atom stereocenters. The van der Waals surface area contributed by atoms with Crippen LogP contribution in [0.25, 0.3) is 11.4 Å². The second-order valence-electron chi connectivity index (χ2n) is 4.19. The number of benzene rings is 1. The molecule has 0 saturated heterocycles. The van der Waals surface area contributed by atoms with E-state index in [-0.39, 0.29) is 11.4 Å². The van der Waals surface area contributed by atoms with Crippen molar-refractivity contribution in [1.29, 1.82) is 0 Å². The number of nitrogens with zero attached hydrogens (tertiary/aromatic N) is 2. The van der Waals surface area contributed by atoms with Crippen molar-refractivity contribution in [3.8, 4) is 11.4 Å². The lowest BCUT2D eigenvalue weighted by atomic mass is 10.1. The van der Waals surface area contributed by atoms with Gasteiger partial charge in [-0.25, -0.2) is 14.4 Å². The topological polar surface area (TPSA) is 37.8 Å². The molecule has 20 heavy (non-hydrogen) atoms. The second-order valence-corrected chi connectivity index (χ2v) is 4.19. The summed E-state index contributed by atoms with van der Waals surface area (Å²) in [6.45, 7) is 1.68. The fourth-order valence-electron chi connectivity index (χ4n) is 1.71. The first-order valence-corrected chi connectivity index (χ1v) is 5.71. The lowest BCUT2D eigenvalue weighted by Crippen LogP contribution is -2.06. The first-order chi connectivity index (χ1) is 9.29. The summed E-state index contributed by atoms with van der Waals surface area (Å²) in [5.41, 5.74) is -0.515. The van der Waals surface area contributed by atoms with Gasteiger partial charge in [0.05, 0.1) is 5.56 Å². The van der Waals surface area contributed by atoms with Gasteiger partial charge in [0, 0.05) is 24.4 Å². The van der Waals surface area contributed by atoms with E-state index in [1.165, 1.54) is 0 Å². The van der Waals surface area contributed by atoms with Crippen molar-refractivity contribution >= 4 is 5.82 Å². The van der Waals surface area contributed by atoms with Gasteiger partial charge in [-0.1, -0.05) is 0 Å². The highest BCUT2D eigenvalue weighted by molar-refractivity contribution is 5.59. The summed E-state index contributed by atoms with van der Waals surface area (Å²) in [5, 5.41) is 2.77. The normalized spacial score (nSPS) is 11.5. The van der Waals surface area contributed by atoms with E-state index in [2.05, 4.69) is 15.3 Å². The fourth-order valence-corrected chi connectivity index (χ4v) is 1.71. The predicted molar refractivity (Wildman–Crippen MR) is 66.7 cm³/mol. The zero-order valence-electron chi connectivity index (χ0n) is 10.7. The van der Waals surface area contributed by atoms with E-state index in [9.17, 15) is 17.6 Å². The van der Waals surface area contributed by atoms with Gasteiger partial charge >= 0.3 is 6.18 Å². The number of halogens is 4. The molecule has 1 heterocycles. The number of rotatable bonds is 2. The number of hydrogen-bond acceptors (Lipinski definition) is 3. The van der Waals surface area contributed by atoms with E-state index in [1.54, 1.807) is 20.0 Å². The molecule has 0 atom stereocenters. The van der Waals surface area contributed by atoms with Crippen molar-refractivity contribution in [3.05, 3.63) is 41.3 Å². The summed E-state index contributed by atoms with van der Waals surface area (Å²) < 4.78 is 51.4. The summed E-state index contributed by atoms with van der Waals surface area (Å²) in [7, 11) is 1.62. The van der Waals surface area contributed by atoms with Crippen LogP contribution in [-0.4, -0.2) is 17.0 Å². The summed E-state index contributed by atoms with van der Waals surface area (Å²) in [6, 6.07) is 3.88. The van der Waals surface area contributed by atoms with Crippen LogP contribution in [0, 0.1) is 12.7 Å². The minimum atomic E-state index is -4.62. The number of hydrogen-bond donors (Lipinski definition) is 1. The number of aromatic nitrogens is 2. The van der Waals surface area contributed by atoms with Crippen LogP contribution in [0.5, 0.6) is 0 Å². The van der Waals surface area contributed by atoms with Crippen LogP contribution in [0.2, 0.25) is 0 Å². The minimum Gasteiger partial charge on any atom is -0.373 e. The highest BCUT2D eigenvalue weighted by atomic mass is 19.4. The molecule has 1 aromatic carbocycles. The van der Waals surface area contributed by atoms with Crippen LogP contribution in [-0.2, 0) is 6.18 Å². The molecular formula is C13H11F4N3. The first kappa shape index (κ1) is 14.2. The van der Waals surface area contributed by atoms with E-state index < -0.39 is 17.6 Å². The van der Waals surface area contributed by atoms with Gasteiger partial charge in [0.2, 0.25) is 0 Å². The molecule has 0 saturated carbocycles. The number of anilines is 1. The van der Waals surface area contributed by atoms with Crippen LogP contribution < -0.4 is 5.32 Å². The van der Waals surface area contributed by atoms with Gasteiger partial charge in [-0.05, 0) is 25.1 Å². The molecule has 2 aromatic rings. The Kier molecular flexibility index (Phi) is 3.61. The lowest BCUT2D eigenvalue weighted by Gasteiger charge is -2.10. The fraction of sp³-hybridized carbons (Fsp3) is 0.231. The molecule has 106 valence electrons. The average Bonchev–Trinajstić information content (AvgIpc) is 2.36. The summed E-state index contributed by atoms with van der Waals surface area (Å²) >= 11 is 0. The molecule has 0 aliphatic rings. The first-order valence-electron chi connectivity index (χ1n) is 5.71. The lowest BCUT2D eigenvalue weighted by molar-refractivity contribution is -0.137. The molecule has 1 N–H and O–H groups in total. The standard InChI is InChI=1S/C13H11F4N3/c1-7-3-11(18-2)20-12(19-7)8-4-9(13(15,16)17)6-10(14)5-8/h3-6H,1-2H3,(H,18,19,20). The maximum absolute atomic E-state index is 13.4. The zero-order valence-corrected chi connectivity index (χ0v) is 10.7. The van der Waals surface area contributed by atoms with E-state index >= 15 is 0 Å². The molecule has 3 nitrogen and oxygen atoms in total. The largest absolute Gasteiger partial charge is 0.416 e. The number of alkyl halides is 3. The molecule has 0 radical (unpaired) electrons. The molecular weight excluding hydrogens is 274 g/mol. The monoisotopic (exact) mass is 285 g/mol. The number of nitrogens with one attached hydrogen (secondary N) is 1. The molecule has 0 aliphatic heterocycles. The van der Waals surface area contributed by atoms with Crippen molar-refractivity contribution in [2.24, 2.45) is 0 Å². The van der Waals surface area contributed by atoms with Gasteiger partial charge in [0.1, 0.15) is 11.6 Å². The second kappa shape index (κ2) is 5.07. The van der Waals surface area contributed by atoms with Gasteiger partial charge < -0.3 is 5.32 Å². The third kappa shape index (κ3) is 3.04. The Balaban J connectivity index is 2.58. The zero-order chi connectivity index (χ0) is 14.9. The maximum Gasteiger partial charge on any atom is 0.416 e. The van der Waals surface area contributed by atoms with Crippen LogP contribution in [0.3, 0.4) is 0 Å². The smallest absolute Gasteiger partial charge is 0.373 e. The van der Waals surface area contributed by atoms with Crippen LogP contribution in [0.15, 0.2) is 24.3 Å². The van der Waals surface area contributed by atoms with E-state index in [4.69, 9.17) is 0 Å². The van der Waals surface area contributed by atoms with Gasteiger partial charge in [0.25, 0.3) is 0 Å². The van der Waals surface area contributed by atoms with E-state index in [1.807, 2.05) is 0 Å². The highest BCUT2D eigenvalue weighted by Crippen LogP contribution is 2.32.